The molecule has 0 spiro atoms. The number of likely N-dealkylation sites (N-methyl/N-ethyl adjacent to an activating group) is 1. The molecule has 0 saturated carbocycles. The molecule has 2 fully saturated rings. The summed E-state index contributed by atoms with van der Waals surface area (Å²) in [5, 5.41) is 86.6. The van der Waals surface area contributed by atoms with Crippen molar-refractivity contribution in [2.24, 2.45) is 28.2 Å². The average Bonchev–Trinajstić information content (AvgIpc) is 1.65. The van der Waals surface area contributed by atoms with E-state index in [2.05, 4.69) is 145 Å². The molecule has 6 aliphatic rings. The summed E-state index contributed by atoms with van der Waals surface area (Å²) in [4.78, 5) is 115. The highest BCUT2D eigenvalue weighted by atomic mass is 19.1. The van der Waals surface area contributed by atoms with Crippen molar-refractivity contribution in [2.75, 3.05) is 60.9 Å². The molecule has 4 aromatic carbocycles. The molecular weight excluding hydrogens is 1550 g/mol. The van der Waals surface area contributed by atoms with Crippen molar-refractivity contribution in [1.29, 1.82) is 0 Å². The van der Waals surface area contributed by atoms with Crippen molar-refractivity contribution in [1.82, 2.24) is 63.1 Å². The van der Waals surface area contributed by atoms with Crippen LogP contribution in [0, 0.1) is 12.3 Å². The third-order valence-electron chi connectivity index (χ3n) is 25.0. The van der Waals surface area contributed by atoms with Crippen LogP contribution in [-0.2, 0) is 106 Å². The van der Waals surface area contributed by atoms with Gasteiger partial charge < -0.3 is 94.2 Å². The van der Waals surface area contributed by atoms with E-state index in [4.69, 9.17) is 6.42 Å². The van der Waals surface area contributed by atoms with Crippen LogP contribution >= 0.6 is 0 Å². The third-order valence-corrected chi connectivity index (χ3v) is 25.0. The van der Waals surface area contributed by atoms with Crippen LogP contribution in [0.2, 0.25) is 0 Å². The lowest BCUT2D eigenvalue weighted by molar-refractivity contribution is 0.0680. The van der Waals surface area contributed by atoms with Crippen molar-refractivity contribution in [3.8, 4) is 80.4 Å². The number of carboxylic acids is 4. The number of benzene rings is 4. The lowest BCUT2D eigenvalue weighted by Crippen LogP contribution is -2.31. The number of aryl methyl sites for hydroxylation is 8. The minimum absolute atomic E-state index is 0.410. The van der Waals surface area contributed by atoms with E-state index >= 15 is 0 Å². The number of nitrogens with zero attached hydrogens (tertiary/aromatic N) is 8. The number of carboxylic acid groups (broad SMARTS) is 4. The second kappa shape index (κ2) is 33.4. The molecule has 13 N–H and O–H groups in total. The number of likely N-dealkylation sites (tertiary alicyclic amines) is 2. The Labute approximate surface area is 693 Å². The van der Waals surface area contributed by atoms with Gasteiger partial charge in [-0.15, -0.1) is 6.42 Å². The van der Waals surface area contributed by atoms with Gasteiger partial charge in [-0.05, 0) is 213 Å². The van der Waals surface area contributed by atoms with Crippen LogP contribution in [0.5, 0.6) is 23.0 Å². The Balaban J connectivity index is 0.000000126. The quantitative estimate of drug-likeness (QED) is 0.0355. The third kappa shape index (κ3) is 15.8. The highest BCUT2D eigenvalue weighted by molar-refractivity contribution is 5.98. The molecule has 0 radical (unpaired) electrons. The summed E-state index contributed by atoms with van der Waals surface area (Å²) >= 11 is 0. The van der Waals surface area contributed by atoms with Gasteiger partial charge in [0.05, 0.1) is 29.3 Å². The van der Waals surface area contributed by atoms with Gasteiger partial charge >= 0.3 is 23.9 Å². The van der Waals surface area contributed by atoms with Crippen LogP contribution in [0.25, 0.3) is 88.6 Å². The van der Waals surface area contributed by atoms with Crippen molar-refractivity contribution in [2.45, 2.75) is 128 Å². The number of carbonyl (C=O) groups is 4. The lowest BCUT2D eigenvalue weighted by Gasteiger charge is -2.20. The van der Waals surface area contributed by atoms with Gasteiger partial charge in [0.1, 0.15) is 29.2 Å². The number of aromatic nitrogens is 8. The number of aromatic carboxylic acids is 4. The summed E-state index contributed by atoms with van der Waals surface area (Å²) in [6, 6.07) is 25.7. The van der Waals surface area contributed by atoms with E-state index in [1.54, 1.807) is 0 Å². The van der Waals surface area contributed by atoms with Gasteiger partial charge in [0.25, 0.3) is 22.2 Å². The number of hydrogen-bond acceptors (Lipinski definition) is 17. The fourth-order valence-corrected chi connectivity index (χ4v) is 18.7. The molecule has 2 atom stereocenters. The van der Waals surface area contributed by atoms with Crippen LogP contribution in [0.4, 0.5) is 4.39 Å². The van der Waals surface area contributed by atoms with Crippen LogP contribution in [-0.4, -0.2) is 196 Å². The number of rotatable bonds is 14. The SMILES string of the molecule is C#CCNCc1cc2cc3c(cc2n1C)CCCc1c-3[nH]c(=O)c(C(=O)O)c1O.CN(C)C1CCN(Cc2cc3cc4c(cc3n2C)CCCc2c-4[nH]c(=O)c(C(=O)O)c2O)C1.CN(C)Cc1cc2cc3c(cc2n1C)CCCc1c-3[nH]c(=O)c(C(=O)O)c1O.Cn1c(CN2CC[C@@H](F)C2)cc2cc3c(cc21)CCCc1c-3[nH]c(=O)c(C(=O)O)c1O. The molecule has 12 aromatic rings. The van der Waals surface area contributed by atoms with E-state index in [1.165, 1.54) is 17.8 Å². The number of nitrogens with one attached hydrogen (secondary N) is 5. The molecule has 29 nitrogen and oxygen atoms in total. The van der Waals surface area contributed by atoms with E-state index in [9.17, 15) is 83.6 Å². The summed E-state index contributed by atoms with van der Waals surface area (Å²) in [7, 11) is 16.5. The fourth-order valence-electron chi connectivity index (χ4n) is 18.7. The van der Waals surface area contributed by atoms with Crippen molar-refractivity contribution < 1.29 is 64.4 Å². The first kappa shape index (κ1) is 83.3. The topological polar surface area (TPSA) is 406 Å². The van der Waals surface area contributed by atoms with Gasteiger partial charge in [0.2, 0.25) is 0 Å². The highest BCUT2D eigenvalue weighted by Gasteiger charge is 2.34. The highest BCUT2D eigenvalue weighted by Crippen LogP contribution is 2.44. The molecule has 10 heterocycles. The number of hydrogen-bond donors (Lipinski definition) is 13. The molecular formula is C91H98FN13O16. The van der Waals surface area contributed by atoms with Crippen LogP contribution in [0.3, 0.4) is 0 Å². The predicted octanol–water partition coefficient (Wildman–Crippen LogP) is 10.2. The molecule has 30 heteroatoms. The van der Waals surface area contributed by atoms with Gasteiger partial charge in [-0.1, -0.05) is 5.92 Å². The van der Waals surface area contributed by atoms with Crippen LogP contribution < -0.4 is 27.6 Å². The molecule has 4 aliphatic carbocycles. The zero-order valence-corrected chi connectivity index (χ0v) is 68.7. The maximum atomic E-state index is 13.6. The minimum Gasteiger partial charge on any atom is -0.506 e. The number of H-pyrrole nitrogens is 4. The summed E-state index contributed by atoms with van der Waals surface area (Å²) in [5.41, 5.74) is 15.1. The van der Waals surface area contributed by atoms with Crippen molar-refractivity contribution in [3.05, 3.63) is 204 Å². The monoisotopic (exact) mass is 1650 g/mol. The Morgan fingerprint density at radius 3 is 1.05 bits per heavy atom. The Bertz CT molecular complexity index is 6580. The number of terminal acetylenes is 1. The molecule has 630 valence electrons. The van der Waals surface area contributed by atoms with Crippen LogP contribution in [0.15, 0.2) is 92.0 Å². The van der Waals surface area contributed by atoms with Crippen molar-refractivity contribution >= 4 is 67.5 Å². The van der Waals surface area contributed by atoms with Crippen molar-refractivity contribution in [3.63, 3.8) is 0 Å². The number of alkyl halides is 1. The Morgan fingerprint density at radius 1 is 0.446 bits per heavy atom. The van der Waals surface area contributed by atoms with Gasteiger partial charge in [-0.25, -0.2) is 23.6 Å². The van der Waals surface area contributed by atoms with E-state index < -0.39 is 97.5 Å². The van der Waals surface area contributed by atoms with E-state index in [0.29, 0.717) is 109 Å². The average molecular weight is 1650 g/mol. The molecule has 0 amide bonds. The molecule has 18 rings (SSSR count). The first-order valence-electron chi connectivity index (χ1n) is 40.6. The first-order chi connectivity index (χ1) is 57.8. The van der Waals surface area contributed by atoms with E-state index in [0.717, 1.165) is 184 Å². The summed E-state index contributed by atoms with van der Waals surface area (Å²) in [6.07, 6.45) is 14.4. The number of pyridine rings is 4. The summed E-state index contributed by atoms with van der Waals surface area (Å²) in [5.74, 6) is -4.85. The van der Waals surface area contributed by atoms with E-state index in [1.807, 2.05) is 53.4 Å². The predicted molar refractivity (Wildman–Crippen MR) is 459 cm³/mol. The Morgan fingerprint density at radius 2 is 0.752 bits per heavy atom. The largest absolute Gasteiger partial charge is 0.506 e. The summed E-state index contributed by atoms with van der Waals surface area (Å²) in [6.45, 7) is 6.84. The zero-order valence-electron chi connectivity index (χ0n) is 68.7. The zero-order chi connectivity index (χ0) is 86.2. The second-order valence-corrected chi connectivity index (χ2v) is 33.1. The smallest absolute Gasteiger partial charge is 0.345 e. The van der Waals surface area contributed by atoms with E-state index in [-0.39, 0.29) is 0 Å². The maximum Gasteiger partial charge on any atom is 0.345 e. The van der Waals surface area contributed by atoms with Gasteiger partial charge in [-0.3, -0.25) is 29.0 Å². The Kier molecular flexibility index (Phi) is 23.0. The van der Waals surface area contributed by atoms with Gasteiger partial charge in [0, 0.05) is 197 Å². The summed E-state index contributed by atoms with van der Waals surface area (Å²) < 4.78 is 22.2. The molecule has 2 saturated heterocycles. The number of fused-ring (bicyclic) bond motifs is 16. The number of halogens is 1. The number of aromatic hydroxyl groups is 4. The Hall–Kier alpha value is -12.8. The van der Waals surface area contributed by atoms with Gasteiger partial charge in [0.15, 0.2) is 22.3 Å². The second-order valence-electron chi connectivity index (χ2n) is 33.1. The fraction of sp³-hybridized carbons (Fsp3) is 0.363. The molecule has 1 unspecified atom stereocenters. The maximum absolute atomic E-state index is 13.6. The first-order valence-corrected chi connectivity index (χ1v) is 40.6. The normalized spacial score (nSPS) is 16.0. The molecule has 121 heavy (non-hydrogen) atoms. The van der Waals surface area contributed by atoms with Crippen LogP contribution in [0.1, 0.15) is 147 Å². The minimum atomic E-state index is -1.44. The lowest BCUT2D eigenvalue weighted by atomic mass is 9.98. The van der Waals surface area contributed by atoms with Gasteiger partial charge in [-0.2, -0.15) is 0 Å². The standard InChI is InChI=1S/C25H30N4O4.C23H24FN3O4.C22H21N3O4.C21H23N3O4/c1-27(2)16-7-8-29(12-16)13-17-9-15-10-19-14(11-20(15)28(17)3)5-4-6-18-22(19)26-24(31)21(23(18)30)25(32)33;1-26-15(11-27-6-5-14(24)10-27)7-13-8-17-12(9-18(13)26)3-2-4-16-20(17)25-22(29)19(21(16)28)23(30)31;1-3-7-23-11-14-8-13-9-16-12(10-17(13)25(14)2)5-4-6-15-19(16)24-21(27)18(20(15)26)22(28)29;1-23(2)10-13-7-12-8-15-11(9-16(12)24(13)3)5-4-6-14-18(15)22-20(26)17(19(14)25)21(27)28/h9-11,16H,4-8,12-13H2,1-3H3,(H,32,33)(H2,26,30,31);7-9,14H,2-6,10-11H2,1H3,(H,30,31)(H2,25,28,29);1,8-10,23H,4-7,11H2,2H3,(H,28,29)(H2,24,26,27);7-9H,4-6,10H2,1-3H3,(H,27,28)(H2,22,25,26)/t;14-;;/m.1../s1. The molecule has 0 bridgehead atoms. The molecule has 2 aliphatic heterocycles. The number of aromatic amines is 4. The molecule has 8 aromatic heterocycles.